The van der Waals surface area contributed by atoms with Crippen molar-refractivity contribution in [3.8, 4) is 0 Å². The standard InChI is InChI=1S/C15H15NO3S2/c1-3-20-12-7-5-4-6-10(12)13(17)16-14-11(8-9-21-14)15(18)19-2/h4-9H,3H2,1-2H3,(H,16,17). The summed E-state index contributed by atoms with van der Waals surface area (Å²) < 4.78 is 4.70. The minimum absolute atomic E-state index is 0.223. The summed E-state index contributed by atoms with van der Waals surface area (Å²) in [5.74, 6) is 0.207. The Morgan fingerprint density at radius 2 is 2.00 bits per heavy atom. The molecular formula is C15H15NO3S2. The van der Waals surface area contributed by atoms with Gasteiger partial charge in [0.1, 0.15) is 5.00 Å². The number of hydrogen-bond donors (Lipinski definition) is 1. The van der Waals surface area contributed by atoms with E-state index in [9.17, 15) is 9.59 Å². The number of carbonyl (C=O) groups is 2. The maximum Gasteiger partial charge on any atom is 0.340 e. The number of esters is 1. The monoisotopic (exact) mass is 321 g/mol. The molecule has 0 aliphatic rings. The average molecular weight is 321 g/mol. The summed E-state index contributed by atoms with van der Waals surface area (Å²) >= 11 is 2.90. The lowest BCUT2D eigenvalue weighted by molar-refractivity contribution is 0.0602. The van der Waals surface area contributed by atoms with Crippen molar-refractivity contribution in [1.29, 1.82) is 0 Å². The number of thiophene rings is 1. The second-order valence-corrected chi connectivity index (χ2v) is 6.26. The van der Waals surface area contributed by atoms with Gasteiger partial charge in [-0.2, -0.15) is 0 Å². The summed E-state index contributed by atoms with van der Waals surface area (Å²) in [7, 11) is 1.32. The molecule has 0 aliphatic carbocycles. The van der Waals surface area contributed by atoms with Gasteiger partial charge < -0.3 is 10.1 Å². The zero-order valence-electron chi connectivity index (χ0n) is 11.7. The fourth-order valence-corrected chi connectivity index (χ4v) is 3.36. The highest BCUT2D eigenvalue weighted by Gasteiger charge is 2.17. The lowest BCUT2D eigenvalue weighted by Gasteiger charge is -2.09. The highest BCUT2D eigenvalue weighted by atomic mass is 32.2. The number of anilines is 1. The van der Waals surface area contributed by atoms with E-state index < -0.39 is 5.97 Å². The Kier molecular flexibility index (Phi) is 5.41. The number of nitrogens with one attached hydrogen (secondary N) is 1. The lowest BCUT2D eigenvalue weighted by Crippen LogP contribution is -2.14. The van der Waals surface area contributed by atoms with Gasteiger partial charge in [0.25, 0.3) is 5.91 Å². The number of amides is 1. The predicted octanol–water partition coefficient (Wildman–Crippen LogP) is 3.90. The Balaban J connectivity index is 2.23. The number of carbonyl (C=O) groups excluding carboxylic acids is 2. The molecule has 0 radical (unpaired) electrons. The third-order valence-electron chi connectivity index (χ3n) is 2.73. The molecule has 0 saturated carbocycles. The highest BCUT2D eigenvalue weighted by Crippen LogP contribution is 2.27. The molecule has 0 unspecified atom stereocenters. The van der Waals surface area contributed by atoms with Crippen molar-refractivity contribution in [3.63, 3.8) is 0 Å². The van der Waals surface area contributed by atoms with Gasteiger partial charge >= 0.3 is 5.97 Å². The van der Waals surface area contributed by atoms with Crippen LogP contribution in [0.2, 0.25) is 0 Å². The van der Waals surface area contributed by atoms with Crippen LogP contribution in [0.5, 0.6) is 0 Å². The molecule has 1 aromatic carbocycles. The molecule has 6 heteroatoms. The van der Waals surface area contributed by atoms with Crippen molar-refractivity contribution in [2.24, 2.45) is 0 Å². The Morgan fingerprint density at radius 3 is 2.71 bits per heavy atom. The second-order valence-electron chi connectivity index (χ2n) is 4.04. The van der Waals surface area contributed by atoms with Gasteiger partial charge in [-0.1, -0.05) is 19.1 Å². The molecule has 4 nitrogen and oxygen atoms in total. The van der Waals surface area contributed by atoms with Crippen LogP contribution in [0.15, 0.2) is 40.6 Å². The molecule has 1 aromatic heterocycles. The van der Waals surface area contributed by atoms with Crippen molar-refractivity contribution in [3.05, 3.63) is 46.8 Å². The van der Waals surface area contributed by atoms with Crippen molar-refractivity contribution < 1.29 is 14.3 Å². The van der Waals surface area contributed by atoms with Crippen LogP contribution in [0.3, 0.4) is 0 Å². The molecule has 110 valence electrons. The molecule has 0 fully saturated rings. The average Bonchev–Trinajstić information content (AvgIpc) is 2.95. The first-order valence-electron chi connectivity index (χ1n) is 6.36. The maximum atomic E-state index is 12.4. The van der Waals surface area contributed by atoms with Gasteiger partial charge in [-0.3, -0.25) is 4.79 Å². The van der Waals surface area contributed by atoms with E-state index in [4.69, 9.17) is 4.74 Å². The first-order valence-corrected chi connectivity index (χ1v) is 8.22. The van der Waals surface area contributed by atoms with Crippen LogP contribution in [0.25, 0.3) is 0 Å². The number of benzene rings is 1. The quantitative estimate of drug-likeness (QED) is 0.670. The van der Waals surface area contributed by atoms with E-state index in [1.165, 1.54) is 18.4 Å². The lowest BCUT2D eigenvalue weighted by atomic mass is 10.2. The fraction of sp³-hybridized carbons (Fsp3) is 0.200. The van der Waals surface area contributed by atoms with Crippen LogP contribution in [0.4, 0.5) is 5.00 Å². The van der Waals surface area contributed by atoms with E-state index >= 15 is 0 Å². The van der Waals surface area contributed by atoms with Crippen molar-refractivity contribution >= 4 is 40.0 Å². The molecule has 0 aliphatic heterocycles. The van der Waals surface area contributed by atoms with Gasteiger partial charge in [0, 0.05) is 4.90 Å². The molecule has 1 N–H and O–H groups in total. The minimum atomic E-state index is -0.456. The van der Waals surface area contributed by atoms with Gasteiger partial charge in [-0.05, 0) is 29.3 Å². The SMILES string of the molecule is CCSc1ccccc1C(=O)Nc1sccc1C(=O)OC. The smallest absolute Gasteiger partial charge is 0.340 e. The summed E-state index contributed by atoms with van der Waals surface area (Å²) in [5, 5.41) is 5.03. The van der Waals surface area contributed by atoms with E-state index in [1.54, 1.807) is 29.3 Å². The van der Waals surface area contributed by atoms with Crippen molar-refractivity contribution in [2.75, 3.05) is 18.2 Å². The van der Waals surface area contributed by atoms with Crippen LogP contribution in [0, 0.1) is 0 Å². The number of methoxy groups -OCH3 is 1. The maximum absolute atomic E-state index is 12.4. The van der Waals surface area contributed by atoms with Crippen LogP contribution in [-0.2, 0) is 4.74 Å². The Hall–Kier alpha value is -1.79. The molecule has 1 heterocycles. The number of rotatable bonds is 5. The third kappa shape index (κ3) is 3.65. The first kappa shape index (κ1) is 15.6. The van der Waals surface area contributed by atoms with Crippen LogP contribution in [-0.4, -0.2) is 24.7 Å². The number of ether oxygens (including phenoxy) is 1. The Labute approximate surface area is 131 Å². The molecule has 21 heavy (non-hydrogen) atoms. The van der Waals surface area contributed by atoms with Crippen molar-refractivity contribution in [1.82, 2.24) is 0 Å². The Morgan fingerprint density at radius 1 is 1.24 bits per heavy atom. The zero-order chi connectivity index (χ0) is 15.2. The van der Waals surface area contributed by atoms with Crippen LogP contribution in [0.1, 0.15) is 27.6 Å². The molecule has 0 atom stereocenters. The highest BCUT2D eigenvalue weighted by molar-refractivity contribution is 7.99. The van der Waals surface area contributed by atoms with Gasteiger partial charge in [0.05, 0.1) is 18.2 Å². The summed E-state index contributed by atoms with van der Waals surface area (Å²) in [6, 6.07) is 9.06. The summed E-state index contributed by atoms with van der Waals surface area (Å²) in [6.07, 6.45) is 0. The van der Waals surface area contributed by atoms with E-state index in [0.717, 1.165) is 10.6 Å². The topological polar surface area (TPSA) is 55.4 Å². The molecular weight excluding hydrogens is 306 g/mol. The normalized spacial score (nSPS) is 10.2. The molecule has 2 aromatic rings. The molecule has 0 saturated heterocycles. The van der Waals surface area contributed by atoms with Gasteiger partial charge in [-0.15, -0.1) is 23.1 Å². The van der Waals surface area contributed by atoms with Crippen LogP contribution < -0.4 is 5.32 Å². The van der Waals surface area contributed by atoms with E-state index in [2.05, 4.69) is 5.32 Å². The van der Waals surface area contributed by atoms with Crippen molar-refractivity contribution in [2.45, 2.75) is 11.8 Å². The predicted molar refractivity (Wildman–Crippen MR) is 86.5 cm³/mol. The number of hydrogen-bond acceptors (Lipinski definition) is 5. The van der Waals surface area contributed by atoms with Crippen LogP contribution >= 0.6 is 23.1 Å². The second kappa shape index (κ2) is 7.28. The van der Waals surface area contributed by atoms with Gasteiger partial charge in [0.15, 0.2) is 0 Å². The zero-order valence-corrected chi connectivity index (χ0v) is 13.3. The fourth-order valence-electron chi connectivity index (χ4n) is 1.78. The minimum Gasteiger partial charge on any atom is -0.465 e. The molecule has 0 spiro atoms. The summed E-state index contributed by atoms with van der Waals surface area (Å²) in [5.41, 5.74) is 0.977. The summed E-state index contributed by atoms with van der Waals surface area (Å²) in [6.45, 7) is 2.04. The number of thioether (sulfide) groups is 1. The van der Waals surface area contributed by atoms with E-state index in [-0.39, 0.29) is 5.91 Å². The van der Waals surface area contributed by atoms with E-state index in [0.29, 0.717) is 16.1 Å². The Bertz CT molecular complexity index is 652. The third-order valence-corrected chi connectivity index (χ3v) is 4.51. The van der Waals surface area contributed by atoms with E-state index in [1.807, 2.05) is 25.1 Å². The largest absolute Gasteiger partial charge is 0.465 e. The molecule has 2 rings (SSSR count). The van der Waals surface area contributed by atoms with Gasteiger partial charge in [0.2, 0.25) is 0 Å². The van der Waals surface area contributed by atoms with Gasteiger partial charge in [-0.25, -0.2) is 4.79 Å². The summed E-state index contributed by atoms with van der Waals surface area (Å²) in [4.78, 5) is 24.9. The molecule has 1 amide bonds. The molecule has 0 bridgehead atoms. The first-order chi connectivity index (χ1) is 10.2.